The third kappa shape index (κ3) is 1.11. The summed E-state index contributed by atoms with van der Waals surface area (Å²) in [5, 5.41) is 9.08. The van der Waals surface area contributed by atoms with Crippen molar-refractivity contribution in [2.24, 2.45) is 4.99 Å². The fraction of sp³-hybridized carbons (Fsp3) is 0. The second-order valence-electron chi connectivity index (χ2n) is 1.48. The smallest absolute Gasteiger partial charge is 0.364 e. The molecule has 0 bridgehead atoms. The van der Waals surface area contributed by atoms with Crippen molar-refractivity contribution in [1.82, 2.24) is 0 Å². The van der Waals surface area contributed by atoms with Crippen LogP contribution in [0.3, 0.4) is 0 Å². The van der Waals surface area contributed by atoms with Gasteiger partial charge in [0.1, 0.15) is 0 Å². The van der Waals surface area contributed by atoms with E-state index < -0.39 is 14.4 Å². The van der Waals surface area contributed by atoms with Gasteiger partial charge in [0.05, 0.1) is 5.55 Å². The lowest BCUT2D eigenvalue weighted by Crippen LogP contribution is -1.98. The normalized spacial score (nSPS) is 38.3. The summed E-state index contributed by atoms with van der Waals surface area (Å²) in [6.07, 6.45) is 1.45. The van der Waals surface area contributed by atoms with Crippen LogP contribution in [0.1, 0.15) is 0 Å². The highest BCUT2D eigenvalue weighted by Crippen LogP contribution is 2.54. The highest BCUT2D eigenvalue weighted by Gasteiger charge is 2.24. The zero-order chi connectivity index (χ0) is 6.91. The second kappa shape index (κ2) is 2.07. The van der Waals surface area contributed by atoms with E-state index in [1.54, 1.807) is 0 Å². The number of nitrogens with zero attached hydrogens (tertiary/aromatic N) is 1. The van der Waals surface area contributed by atoms with Crippen LogP contribution in [0.25, 0.3) is 0 Å². The van der Waals surface area contributed by atoms with E-state index in [1.807, 2.05) is 0 Å². The first-order chi connectivity index (χ1) is 4.15. The average Bonchev–Trinajstić information content (AvgIpc) is 2.16. The topological polar surface area (TPSA) is 49.7 Å². The number of carboxylic acid groups (broad SMARTS) is 1. The van der Waals surface area contributed by atoms with Gasteiger partial charge in [-0.3, -0.25) is 4.99 Å². The summed E-state index contributed by atoms with van der Waals surface area (Å²) in [7, 11) is -1.98. The van der Waals surface area contributed by atoms with Gasteiger partial charge in [-0.15, -0.1) is 11.7 Å². The van der Waals surface area contributed by atoms with Crippen LogP contribution in [0.2, 0.25) is 0 Å². The molecule has 3 nitrogen and oxygen atoms in total. The number of rotatable bonds is 0. The lowest BCUT2D eigenvalue weighted by atomic mass is 11.1. The number of aliphatic imine (C=N–C) groups is 1. The third-order valence-corrected chi connectivity index (χ3v) is 3.51. The lowest BCUT2D eigenvalue weighted by Gasteiger charge is -2.14. The SMILES string of the molecule is O=C(O)S1(S)C=CN=C1. The predicted molar refractivity (Wildman–Crippen MR) is 42.2 cm³/mol. The zero-order valence-corrected chi connectivity index (χ0v) is 6.10. The van der Waals surface area contributed by atoms with Crippen molar-refractivity contribution in [3.8, 4) is 0 Å². The van der Waals surface area contributed by atoms with Crippen molar-refractivity contribution in [3.05, 3.63) is 11.6 Å². The highest BCUT2D eigenvalue weighted by atomic mass is 33.1. The maximum atomic E-state index is 10.3. The van der Waals surface area contributed by atoms with Gasteiger partial charge in [-0.25, -0.2) is 4.79 Å². The van der Waals surface area contributed by atoms with E-state index in [0.717, 1.165) is 0 Å². The van der Waals surface area contributed by atoms with Crippen molar-refractivity contribution in [3.63, 3.8) is 0 Å². The maximum Gasteiger partial charge on any atom is 0.364 e. The summed E-state index contributed by atoms with van der Waals surface area (Å²) in [5.41, 5.74) is 1.36. The standard InChI is InChI=1S/C4H5NO2S2/c6-4(7)9(8)2-1-5-3-9/h1-3,8H,(H,6,7). The van der Waals surface area contributed by atoms with Gasteiger partial charge in [-0.1, -0.05) is 0 Å². The molecule has 0 fully saturated rings. The minimum atomic E-state index is -1.98. The Labute approximate surface area is 58.6 Å². The minimum Gasteiger partial charge on any atom is -0.473 e. The minimum absolute atomic E-state index is 0.914. The van der Waals surface area contributed by atoms with Gasteiger partial charge in [0.25, 0.3) is 0 Å². The Bertz CT molecular complexity index is 187. The van der Waals surface area contributed by atoms with Crippen molar-refractivity contribution < 1.29 is 9.90 Å². The van der Waals surface area contributed by atoms with Crippen molar-refractivity contribution in [1.29, 1.82) is 0 Å². The molecule has 0 radical (unpaired) electrons. The molecule has 1 aliphatic rings. The molecule has 1 aliphatic heterocycles. The molecule has 1 N–H and O–H groups in total. The molecule has 9 heavy (non-hydrogen) atoms. The fourth-order valence-corrected chi connectivity index (χ4v) is 1.51. The van der Waals surface area contributed by atoms with Crippen molar-refractivity contribution >= 4 is 31.6 Å². The molecule has 5 heteroatoms. The Balaban J connectivity index is 2.88. The Morgan fingerprint density at radius 3 is 2.67 bits per heavy atom. The Hall–Kier alpha value is -0.420. The van der Waals surface area contributed by atoms with Gasteiger partial charge in [0, 0.05) is 6.20 Å². The molecule has 1 atom stereocenters. The van der Waals surface area contributed by atoms with E-state index in [0.29, 0.717) is 0 Å². The van der Waals surface area contributed by atoms with Crippen molar-refractivity contribution in [2.75, 3.05) is 0 Å². The molecule has 0 spiro atoms. The molecule has 1 heterocycles. The van der Waals surface area contributed by atoms with E-state index in [2.05, 4.69) is 16.7 Å². The Morgan fingerprint density at radius 1 is 1.78 bits per heavy atom. The van der Waals surface area contributed by atoms with Crippen LogP contribution < -0.4 is 0 Å². The number of hydrogen-bond donors (Lipinski definition) is 2. The first-order valence-corrected chi connectivity index (χ1v) is 4.95. The van der Waals surface area contributed by atoms with Crippen LogP contribution in [0.5, 0.6) is 0 Å². The molecule has 0 aromatic rings. The predicted octanol–water partition coefficient (Wildman–Crippen LogP) is 1.83. The van der Waals surface area contributed by atoms with Crippen LogP contribution in [-0.4, -0.2) is 16.0 Å². The third-order valence-electron chi connectivity index (χ3n) is 0.856. The maximum absolute atomic E-state index is 10.3. The average molecular weight is 163 g/mol. The number of carbonyl (C=O) groups is 1. The molecule has 0 saturated carbocycles. The molecule has 0 amide bonds. The van der Waals surface area contributed by atoms with E-state index in [4.69, 9.17) is 5.11 Å². The lowest BCUT2D eigenvalue weighted by molar-refractivity contribution is 0.222. The Kier molecular flexibility index (Phi) is 1.54. The molecule has 1 rings (SSSR count). The molecule has 0 saturated heterocycles. The fourth-order valence-electron chi connectivity index (χ4n) is 0.394. The van der Waals surface area contributed by atoms with E-state index in [1.165, 1.54) is 17.2 Å². The quantitative estimate of drug-likeness (QED) is 0.423. The van der Waals surface area contributed by atoms with Gasteiger partial charge in [0.15, 0.2) is 0 Å². The molecule has 0 aromatic carbocycles. The van der Waals surface area contributed by atoms with Crippen LogP contribution in [-0.2, 0) is 0 Å². The first kappa shape index (κ1) is 6.70. The highest BCUT2D eigenvalue weighted by molar-refractivity contribution is 9.00. The zero-order valence-electron chi connectivity index (χ0n) is 4.39. The van der Waals surface area contributed by atoms with Gasteiger partial charge in [-0.05, 0) is 14.5 Å². The first-order valence-electron chi connectivity index (χ1n) is 2.14. The molecule has 50 valence electrons. The van der Waals surface area contributed by atoms with Gasteiger partial charge >= 0.3 is 5.30 Å². The monoisotopic (exact) mass is 163 g/mol. The van der Waals surface area contributed by atoms with E-state index in [9.17, 15) is 4.79 Å². The van der Waals surface area contributed by atoms with Crippen LogP contribution in [0, 0.1) is 0 Å². The van der Waals surface area contributed by atoms with Gasteiger partial charge in [0.2, 0.25) is 0 Å². The Morgan fingerprint density at radius 2 is 2.44 bits per heavy atom. The number of hydrogen-bond acceptors (Lipinski definition) is 3. The molecular formula is C4H5NO2S2. The van der Waals surface area contributed by atoms with Crippen LogP contribution in [0.15, 0.2) is 16.6 Å². The summed E-state index contributed by atoms with van der Waals surface area (Å²) < 4.78 is 0. The van der Waals surface area contributed by atoms with Crippen molar-refractivity contribution in [2.45, 2.75) is 0 Å². The molecule has 0 aromatic heterocycles. The van der Waals surface area contributed by atoms with Gasteiger partial charge in [-0.2, -0.15) is 0 Å². The van der Waals surface area contributed by atoms with Crippen LogP contribution in [0.4, 0.5) is 4.79 Å². The van der Waals surface area contributed by atoms with Crippen LogP contribution >= 0.6 is 20.7 Å². The van der Waals surface area contributed by atoms with E-state index in [-0.39, 0.29) is 0 Å². The molecule has 1 unspecified atom stereocenters. The summed E-state index contributed by atoms with van der Waals surface area (Å²) in [4.78, 5) is 14.0. The largest absolute Gasteiger partial charge is 0.473 e. The summed E-state index contributed by atoms with van der Waals surface area (Å²) in [6, 6.07) is 0. The summed E-state index contributed by atoms with van der Waals surface area (Å²) >= 11 is 3.92. The number of thiol groups is 1. The summed E-state index contributed by atoms with van der Waals surface area (Å²) in [5.74, 6) is 0. The molecular weight excluding hydrogens is 158 g/mol. The van der Waals surface area contributed by atoms with Gasteiger partial charge < -0.3 is 5.11 Å². The molecule has 0 aliphatic carbocycles. The van der Waals surface area contributed by atoms with E-state index >= 15 is 0 Å². The second-order valence-corrected chi connectivity index (χ2v) is 5.47. The summed E-state index contributed by atoms with van der Waals surface area (Å²) in [6.45, 7) is 0.